The van der Waals surface area contributed by atoms with Crippen molar-refractivity contribution in [3.8, 4) is 5.75 Å². The smallest absolute Gasteiger partial charge is 0.249 e. The molecule has 1 aliphatic rings. The maximum absolute atomic E-state index is 13.7. The first-order valence-corrected chi connectivity index (χ1v) is 12.9. The molecule has 0 bridgehead atoms. The fraction of sp³-hybridized carbons (Fsp3) is 0.414. The quantitative estimate of drug-likeness (QED) is 0.338. The SMILES string of the molecule is CCCOC1(c2ccccc2C)CN(C(=O)C(Cc2ccc(OC)cc2)NC(=O)C(O)Cc2cnc[nH]2)C1. The van der Waals surface area contributed by atoms with Crippen LogP contribution >= 0.6 is 0 Å². The first-order chi connectivity index (χ1) is 18.3. The zero-order chi connectivity index (χ0) is 27.1. The Morgan fingerprint density at radius 3 is 2.53 bits per heavy atom. The van der Waals surface area contributed by atoms with E-state index in [4.69, 9.17) is 9.47 Å². The van der Waals surface area contributed by atoms with Crippen molar-refractivity contribution in [3.63, 3.8) is 0 Å². The number of H-pyrrole nitrogens is 1. The highest BCUT2D eigenvalue weighted by atomic mass is 16.5. The number of amides is 2. The molecule has 2 heterocycles. The lowest BCUT2D eigenvalue weighted by atomic mass is 9.82. The maximum atomic E-state index is 13.7. The predicted molar refractivity (Wildman–Crippen MR) is 143 cm³/mol. The number of nitrogens with one attached hydrogen (secondary N) is 2. The summed E-state index contributed by atoms with van der Waals surface area (Å²) in [5, 5.41) is 13.3. The van der Waals surface area contributed by atoms with Crippen molar-refractivity contribution in [2.24, 2.45) is 0 Å². The Kier molecular flexibility index (Phi) is 8.81. The van der Waals surface area contributed by atoms with E-state index in [0.29, 0.717) is 31.1 Å². The summed E-state index contributed by atoms with van der Waals surface area (Å²) in [5.74, 6) is -0.124. The van der Waals surface area contributed by atoms with Gasteiger partial charge >= 0.3 is 0 Å². The van der Waals surface area contributed by atoms with Crippen LogP contribution in [0.5, 0.6) is 5.75 Å². The van der Waals surface area contributed by atoms with Gasteiger partial charge in [-0.05, 0) is 42.2 Å². The van der Waals surface area contributed by atoms with E-state index in [9.17, 15) is 14.7 Å². The molecule has 0 saturated carbocycles. The lowest BCUT2D eigenvalue weighted by Gasteiger charge is -2.51. The van der Waals surface area contributed by atoms with Crippen LogP contribution < -0.4 is 10.1 Å². The van der Waals surface area contributed by atoms with Crippen LogP contribution in [0.3, 0.4) is 0 Å². The number of ether oxygens (including phenoxy) is 2. The summed E-state index contributed by atoms with van der Waals surface area (Å²) in [7, 11) is 1.59. The van der Waals surface area contributed by atoms with Gasteiger partial charge in [0, 0.05) is 31.3 Å². The largest absolute Gasteiger partial charge is 0.497 e. The van der Waals surface area contributed by atoms with Crippen LogP contribution in [0.2, 0.25) is 0 Å². The molecular weight excluding hydrogens is 484 g/mol. The maximum Gasteiger partial charge on any atom is 0.249 e. The minimum atomic E-state index is -1.32. The van der Waals surface area contributed by atoms with Gasteiger partial charge in [0.1, 0.15) is 23.5 Å². The molecule has 4 rings (SSSR count). The Balaban J connectivity index is 1.51. The number of aromatic nitrogens is 2. The molecule has 1 saturated heterocycles. The summed E-state index contributed by atoms with van der Waals surface area (Å²) in [6, 6.07) is 14.6. The molecule has 0 spiro atoms. The number of likely N-dealkylation sites (tertiary alicyclic amines) is 1. The van der Waals surface area contributed by atoms with Crippen LogP contribution in [0.4, 0.5) is 0 Å². The van der Waals surface area contributed by atoms with Crippen LogP contribution in [-0.4, -0.2) is 70.7 Å². The number of aliphatic hydroxyl groups is 1. The molecule has 3 N–H and O–H groups in total. The Morgan fingerprint density at radius 2 is 1.89 bits per heavy atom. The Hall–Kier alpha value is -3.69. The third-order valence-corrected chi connectivity index (χ3v) is 6.91. The van der Waals surface area contributed by atoms with Gasteiger partial charge in [-0.15, -0.1) is 0 Å². The minimum absolute atomic E-state index is 0.0697. The van der Waals surface area contributed by atoms with E-state index < -0.39 is 23.7 Å². The van der Waals surface area contributed by atoms with Crippen molar-refractivity contribution >= 4 is 11.8 Å². The third kappa shape index (κ3) is 6.23. The van der Waals surface area contributed by atoms with Gasteiger partial charge in [-0.25, -0.2) is 4.98 Å². The van der Waals surface area contributed by atoms with Gasteiger partial charge in [0.25, 0.3) is 0 Å². The fourth-order valence-corrected chi connectivity index (χ4v) is 4.83. The molecule has 9 nitrogen and oxygen atoms in total. The molecule has 9 heteroatoms. The molecule has 0 radical (unpaired) electrons. The van der Waals surface area contributed by atoms with Crippen LogP contribution in [-0.2, 0) is 32.8 Å². The normalized spacial score (nSPS) is 15.8. The summed E-state index contributed by atoms with van der Waals surface area (Å²) in [4.78, 5) is 35.2. The molecule has 2 unspecified atom stereocenters. The molecule has 202 valence electrons. The number of aliphatic hydroxyl groups excluding tert-OH is 1. The van der Waals surface area contributed by atoms with E-state index >= 15 is 0 Å². The number of imidazole rings is 1. The van der Waals surface area contributed by atoms with Gasteiger partial charge in [0.15, 0.2) is 0 Å². The van der Waals surface area contributed by atoms with Crippen molar-refractivity contribution in [3.05, 3.63) is 83.4 Å². The van der Waals surface area contributed by atoms with Crippen LogP contribution in [0.25, 0.3) is 0 Å². The van der Waals surface area contributed by atoms with E-state index in [-0.39, 0.29) is 18.7 Å². The zero-order valence-corrected chi connectivity index (χ0v) is 22.1. The summed E-state index contributed by atoms with van der Waals surface area (Å²) >= 11 is 0. The zero-order valence-electron chi connectivity index (χ0n) is 22.1. The van der Waals surface area contributed by atoms with Gasteiger partial charge < -0.3 is 29.8 Å². The fourth-order valence-electron chi connectivity index (χ4n) is 4.83. The number of aryl methyl sites for hydroxylation is 1. The Bertz CT molecular complexity index is 1210. The molecule has 2 atom stereocenters. The van der Waals surface area contributed by atoms with E-state index in [1.165, 1.54) is 6.33 Å². The van der Waals surface area contributed by atoms with E-state index in [0.717, 1.165) is 23.1 Å². The topological polar surface area (TPSA) is 117 Å². The molecule has 2 aromatic carbocycles. The number of carbonyl (C=O) groups is 2. The molecule has 3 aromatic rings. The van der Waals surface area contributed by atoms with Gasteiger partial charge in [0.05, 0.1) is 26.5 Å². The second-order valence-corrected chi connectivity index (χ2v) is 9.76. The first kappa shape index (κ1) is 27.3. The number of methoxy groups -OCH3 is 1. The summed E-state index contributed by atoms with van der Waals surface area (Å²) < 4.78 is 11.6. The van der Waals surface area contributed by atoms with Crippen molar-refractivity contribution < 1.29 is 24.2 Å². The van der Waals surface area contributed by atoms with Crippen LogP contribution in [0.1, 0.15) is 35.7 Å². The highest BCUT2D eigenvalue weighted by molar-refractivity contribution is 5.90. The number of rotatable bonds is 12. The highest BCUT2D eigenvalue weighted by Gasteiger charge is 2.49. The van der Waals surface area contributed by atoms with Crippen LogP contribution in [0, 0.1) is 6.92 Å². The summed E-state index contributed by atoms with van der Waals surface area (Å²) in [6.45, 7) is 5.47. The number of aromatic amines is 1. The lowest BCUT2D eigenvalue weighted by Crippen LogP contribution is -2.66. The minimum Gasteiger partial charge on any atom is -0.497 e. The van der Waals surface area contributed by atoms with Gasteiger partial charge in [-0.1, -0.05) is 43.3 Å². The highest BCUT2D eigenvalue weighted by Crippen LogP contribution is 2.38. The monoisotopic (exact) mass is 520 g/mol. The molecule has 0 aliphatic carbocycles. The van der Waals surface area contributed by atoms with Gasteiger partial charge in [0.2, 0.25) is 11.8 Å². The van der Waals surface area contributed by atoms with Crippen molar-refractivity contribution in [2.45, 2.75) is 50.9 Å². The van der Waals surface area contributed by atoms with E-state index in [2.05, 4.69) is 28.3 Å². The molecule has 38 heavy (non-hydrogen) atoms. The van der Waals surface area contributed by atoms with E-state index in [1.54, 1.807) is 18.2 Å². The predicted octanol–water partition coefficient (Wildman–Crippen LogP) is 2.52. The van der Waals surface area contributed by atoms with Crippen molar-refractivity contribution in [2.75, 3.05) is 26.8 Å². The Morgan fingerprint density at radius 1 is 1.16 bits per heavy atom. The average molecular weight is 521 g/mol. The second-order valence-electron chi connectivity index (χ2n) is 9.76. The molecular formula is C29H36N4O5. The lowest BCUT2D eigenvalue weighted by molar-refractivity contribution is -0.175. The summed E-state index contributed by atoms with van der Waals surface area (Å²) in [6.07, 6.45) is 2.93. The standard InChI is InChI=1S/C29H36N4O5/c1-4-13-38-29(24-8-6-5-7-20(24)2)17-33(18-29)28(36)25(14-21-9-11-23(37-3)12-10-21)32-27(35)26(34)15-22-16-30-19-31-22/h5-12,16,19,25-26,34H,4,13-15,17-18H2,1-3H3,(H,30,31)(H,32,35). The molecule has 1 aliphatic heterocycles. The third-order valence-electron chi connectivity index (χ3n) is 6.91. The number of benzene rings is 2. The van der Waals surface area contributed by atoms with Gasteiger partial charge in [-0.2, -0.15) is 0 Å². The number of carbonyl (C=O) groups excluding carboxylic acids is 2. The number of nitrogens with zero attached hydrogens (tertiary/aromatic N) is 2. The summed E-state index contributed by atoms with van der Waals surface area (Å²) in [5.41, 5.74) is 3.10. The van der Waals surface area contributed by atoms with Crippen molar-refractivity contribution in [1.29, 1.82) is 0 Å². The van der Waals surface area contributed by atoms with E-state index in [1.807, 2.05) is 49.4 Å². The average Bonchev–Trinajstić information content (AvgIpc) is 3.41. The molecule has 1 fully saturated rings. The van der Waals surface area contributed by atoms with Crippen LogP contribution in [0.15, 0.2) is 61.1 Å². The first-order valence-electron chi connectivity index (χ1n) is 12.9. The number of hydrogen-bond acceptors (Lipinski definition) is 6. The second kappa shape index (κ2) is 12.2. The molecule has 2 amide bonds. The molecule has 1 aromatic heterocycles. The van der Waals surface area contributed by atoms with Gasteiger partial charge in [-0.3, -0.25) is 9.59 Å². The Labute approximate surface area is 223 Å². The van der Waals surface area contributed by atoms with Crippen molar-refractivity contribution in [1.82, 2.24) is 20.2 Å². The number of hydrogen-bond donors (Lipinski definition) is 3.